The van der Waals surface area contributed by atoms with Gasteiger partial charge < -0.3 is 24.8 Å². The number of nitrogens with zero attached hydrogens (tertiary/aromatic N) is 2. The van der Waals surface area contributed by atoms with E-state index < -0.39 is 12.0 Å². The van der Waals surface area contributed by atoms with E-state index in [0.717, 1.165) is 16.5 Å². The van der Waals surface area contributed by atoms with Gasteiger partial charge in [0.1, 0.15) is 11.7 Å². The van der Waals surface area contributed by atoms with Crippen LogP contribution in [0.15, 0.2) is 60.7 Å². The highest BCUT2D eigenvalue weighted by Gasteiger charge is 2.29. The number of urea groups is 1. The summed E-state index contributed by atoms with van der Waals surface area (Å²) in [5.41, 5.74) is 2.39. The minimum absolute atomic E-state index is 0.0854. The average molecular weight is 434 g/mol. The van der Waals surface area contributed by atoms with Gasteiger partial charge in [0, 0.05) is 43.5 Å². The summed E-state index contributed by atoms with van der Waals surface area (Å²) in [5, 5.41) is 3.77. The van der Waals surface area contributed by atoms with Crippen LogP contribution in [0.2, 0.25) is 0 Å². The molecule has 8 nitrogen and oxygen atoms in total. The molecule has 2 N–H and O–H groups in total. The summed E-state index contributed by atoms with van der Waals surface area (Å²) in [6.07, 6.45) is 0.345. The van der Waals surface area contributed by atoms with Crippen molar-refractivity contribution in [3.63, 3.8) is 0 Å². The number of aromatic amines is 1. The topological polar surface area (TPSA) is 94.7 Å². The second kappa shape index (κ2) is 9.55. The van der Waals surface area contributed by atoms with Crippen molar-refractivity contribution in [1.82, 2.24) is 20.1 Å². The molecule has 3 amide bonds. The molecule has 8 heteroatoms. The maximum atomic E-state index is 12.9. The van der Waals surface area contributed by atoms with E-state index >= 15 is 0 Å². The molecule has 2 heterocycles. The van der Waals surface area contributed by atoms with Gasteiger partial charge in [-0.15, -0.1) is 0 Å². The molecule has 1 atom stereocenters. The maximum absolute atomic E-state index is 12.9. The van der Waals surface area contributed by atoms with Crippen molar-refractivity contribution in [2.45, 2.75) is 12.5 Å². The van der Waals surface area contributed by atoms with E-state index in [1.165, 1.54) is 7.11 Å². The number of hydrogen-bond acceptors (Lipinski definition) is 4. The van der Waals surface area contributed by atoms with E-state index in [1.807, 2.05) is 60.7 Å². The molecule has 1 saturated heterocycles. The standard InChI is InChI=1S/C24H26N4O4/c1-32-23(30)21(15-17-7-3-2-4-8-17)26-24(31)28-13-11-27(12-14-28)22(29)20-16-18-9-5-6-10-19(18)25-20/h2-10,16,21,25H,11-15H2,1H3,(H,26,31). The first-order chi connectivity index (χ1) is 15.5. The second-order valence-electron chi connectivity index (χ2n) is 7.76. The number of methoxy groups -OCH3 is 1. The van der Waals surface area contributed by atoms with Crippen LogP contribution in [0.3, 0.4) is 0 Å². The summed E-state index contributed by atoms with van der Waals surface area (Å²) in [6, 6.07) is 17.9. The van der Waals surface area contributed by atoms with E-state index in [9.17, 15) is 14.4 Å². The molecule has 0 spiro atoms. The van der Waals surface area contributed by atoms with Gasteiger partial charge in [-0.25, -0.2) is 9.59 Å². The second-order valence-corrected chi connectivity index (χ2v) is 7.76. The highest BCUT2D eigenvalue weighted by molar-refractivity contribution is 5.98. The fourth-order valence-electron chi connectivity index (χ4n) is 3.90. The fraction of sp³-hybridized carbons (Fsp3) is 0.292. The van der Waals surface area contributed by atoms with Gasteiger partial charge in [-0.2, -0.15) is 0 Å². The molecule has 3 aromatic rings. The molecule has 1 aliphatic rings. The summed E-state index contributed by atoms with van der Waals surface area (Å²) in [6.45, 7) is 1.61. The molecule has 1 aromatic heterocycles. The molecule has 1 unspecified atom stereocenters. The minimum atomic E-state index is -0.777. The van der Waals surface area contributed by atoms with Gasteiger partial charge >= 0.3 is 12.0 Å². The number of rotatable bonds is 5. The van der Waals surface area contributed by atoms with Gasteiger partial charge in [0.2, 0.25) is 0 Å². The maximum Gasteiger partial charge on any atom is 0.328 e. The Morgan fingerprint density at radius 1 is 0.969 bits per heavy atom. The largest absolute Gasteiger partial charge is 0.467 e. The van der Waals surface area contributed by atoms with Gasteiger partial charge in [0.15, 0.2) is 0 Å². The number of hydrogen-bond donors (Lipinski definition) is 2. The highest BCUT2D eigenvalue weighted by Crippen LogP contribution is 2.17. The minimum Gasteiger partial charge on any atom is -0.467 e. The SMILES string of the molecule is COC(=O)C(Cc1ccccc1)NC(=O)N1CCN(C(=O)c2cc3ccccc3[nH]2)CC1. The lowest BCUT2D eigenvalue weighted by Gasteiger charge is -2.35. The summed E-state index contributed by atoms with van der Waals surface area (Å²) in [4.78, 5) is 44.4. The molecule has 1 fully saturated rings. The third-order valence-electron chi connectivity index (χ3n) is 5.68. The number of nitrogens with one attached hydrogen (secondary N) is 2. The number of ether oxygens (including phenoxy) is 1. The number of H-pyrrole nitrogens is 1. The average Bonchev–Trinajstić information content (AvgIpc) is 3.27. The quantitative estimate of drug-likeness (QED) is 0.603. The summed E-state index contributed by atoms with van der Waals surface area (Å²) in [5.74, 6) is -0.576. The summed E-state index contributed by atoms with van der Waals surface area (Å²) < 4.78 is 4.87. The molecular formula is C24H26N4O4. The van der Waals surface area contributed by atoms with Crippen LogP contribution < -0.4 is 5.32 Å². The zero-order valence-corrected chi connectivity index (χ0v) is 17.9. The number of para-hydroxylation sites is 1. The van der Waals surface area contributed by atoms with Gasteiger partial charge in [-0.3, -0.25) is 4.79 Å². The highest BCUT2D eigenvalue weighted by atomic mass is 16.5. The third kappa shape index (κ3) is 4.74. The van der Waals surface area contributed by atoms with Crippen LogP contribution in [0.1, 0.15) is 16.1 Å². The van der Waals surface area contributed by atoms with Crippen molar-refractivity contribution in [2.24, 2.45) is 0 Å². The number of carbonyl (C=O) groups is 3. The van der Waals surface area contributed by atoms with Crippen LogP contribution in [-0.2, 0) is 16.0 Å². The first-order valence-electron chi connectivity index (χ1n) is 10.6. The van der Waals surface area contributed by atoms with Gasteiger partial charge in [0.05, 0.1) is 7.11 Å². The third-order valence-corrected chi connectivity index (χ3v) is 5.68. The van der Waals surface area contributed by atoms with Crippen molar-refractivity contribution in [2.75, 3.05) is 33.3 Å². The van der Waals surface area contributed by atoms with E-state index in [2.05, 4.69) is 10.3 Å². The Kier molecular flexibility index (Phi) is 6.39. The number of esters is 1. The smallest absolute Gasteiger partial charge is 0.328 e. The number of fused-ring (bicyclic) bond motifs is 1. The van der Waals surface area contributed by atoms with E-state index in [0.29, 0.717) is 38.3 Å². The number of amides is 3. The molecule has 2 aromatic carbocycles. The Morgan fingerprint density at radius 2 is 1.62 bits per heavy atom. The number of piperazine rings is 1. The zero-order valence-electron chi connectivity index (χ0n) is 17.9. The molecular weight excluding hydrogens is 408 g/mol. The predicted octanol–water partition coefficient (Wildman–Crippen LogP) is 2.42. The summed E-state index contributed by atoms with van der Waals surface area (Å²) in [7, 11) is 1.31. The van der Waals surface area contributed by atoms with Crippen molar-refractivity contribution in [3.8, 4) is 0 Å². The first kappa shape index (κ1) is 21.4. The Labute approximate surface area is 186 Å². The molecule has 0 bridgehead atoms. The van der Waals surface area contributed by atoms with Gasteiger partial charge in [0.25, 0.3) is 5.91 Å². The molecule has 32 heavy (non-hydrogen) atoms. The van der Waals surface area contributed by atoms with Gasteiger partial charge in [-0.1, -0.05) is 48.5 Å². The van der Waals surface area contributed by atoms with Crippen LogP contribution in [0, 0.1) is 0 Å². The molecule has 1 aliphatic heterocycles. The van der Waals surface area contributed by atoms with Crippen LogP contribution in [-0.4, -0.2) is 72.0 Å². The van der Waals surface area contributed by atoms with Crippen molar-refractivity contribution >= 4 is 28.8 Å². The monoisotopic (exact) mass is 434 g/mol. The number of benzene rings is 2. The number of aromatic nitrogens is 1. The normalized spacial score (nSPS) is 14.8. The lowest BCUT2D eigenvalue weighted by molar-refractivity contribution is -0.142. The van der Waals surface area contributed by atoms with Crippen LogP contribution >= 0.6 is 0 Å². The zero-order chi connectivity index (χ0) is 22.5. The van der Waals surface area contributed by atoms with Crippen LogP contribution in [0.4, 0.5) is 4.79 Å². The van der Waals surface area contributed by atoms with Crippen molar-refractivity contribution < 1.29 is 19.1 Å². The van der Waals surface area contributed by atoms with Crippen LogP contribution in [0.5, 0.6) is 0 Å². The Balaban J connectivity index is 1.34. The van der Waals surface area contributed by atoms with Crippen LogP contribution in [0.25, 0.3) is 10.9 Å². The van der Waals surface area contributed by atoms with Crippen molar-refractivity contribution in [3.05, 3.63) is 71.9 Å². The Bertz CT molecular complexity index is 1070. The molecule has 0 saturated carbocycles. The molecule has 0 radical (unpaired) electrons. The molecule has 0 aliphatic carbocycles. The molecule has 4 rings (SSSR count). The predicted molar refractivity (Wildman–Crippen MR) is 120 cm³/mol. The van der Waals surface area contributed by atoms with E-state index in [4.69, 9.17) is 4.74 Å². The lowest BCUT2D eigenvalue weighted by atomic mass is 10.1. The Morgan fingerprint density at radius 3 is 2.31 bits per heavy atom. The van der Waals surface area contributed by atoms with E-state index in [1.54, 1.807) is 9.80 Å². The molecule has 166 valence electrons. The Hall–Kier alpha value is -3.81. The fourth-order valence-corrected chi connectivity index (χ4v) is 3.90. The first-order valence-corrected chi connectivity index (χ1v) is 10.6. The lowest BCUT2D eigenvalue weighted by Crippen LogP contribution is -2.56. The van der Waals surface area contributed by atoms with Gasteiger partial charge in [-0.05, 0) is 17.7 Å². The number of carbonyl (C=O) groups excluding carboxylic acids is 3. The van der Waals surface area contributed by atoms with Crippen molar-refractivity contribution in [1.29, 1.82) is 0 Å². The summed E-state index contributed by atoms with van der Waals surface area (Å²) >= 11 is 0. The van der Waals surface area contributed by atoms with E-state index in [-0.39, 0.29) is 11.9 Å².